The molecule has 1 heterocycles. The summed E-state index contributed by atoms with van der Waals surface area (Å²) in [6.07, 6.45) is 1.32. The highest BCUT2D eigenvalue weighted by molar-refractivity contribution is 5.35. The van der Waals surface area contributed by atoms with E-state index in [9.17, 15) is 0 Å². The molecule has 0 aromatic heterocycles. The van der Waals surface area contributed by atoms with Crippen LogP contribution in [0.4, 0.5) is 0 Å². The summed E-state index contributed by atoms with van der Waals surface area (Å²) in [4.78, 5) is 0. The molecule has 74 valence electrons. The summed E-state index contributed by atoms with van der Waals surface area (Å²) in [6, 6.07) is 8.56. The highest BCUT2D eigenvalue weighted by Crippen LogP contribution is 2.41. The predicted molar refractivity (Wildman–Crippen MR) is 52.9 cm³/mol. The van der Waals surface area contributed by atoms with Gasteiger partial charge < -0.3 is 9.47 Å². The van der Waals surface area contributed by atoms with Crippen molar-refractivity contribution in [2.45, 2.75) is 25.7 Å². The molecule has 1 aromatic rings. The van der Waals surface area contributed by atoms with Gasteiger partial charge in [0.1, 0.15) is 0 Å². The van der Waals surface area contributed by atoms with E-state index in [1.165, 1.54) is 11.1 Å². The Kier molecular flexibility index (Phi) is 1.85. The molecule has 3 atom stereocenters. The van der Waals surface area contributed by atoms with E-state index in [0.717, 1.165) is 13.0 Å². The van der Waals surface area contributed by atoms with E-state index in [4.69, 9.17) is 9.47 Å². The second kappa shape index (κ2) is 3.07. The van der Waals surface area contributed by atoms with Crippen molar-refractivity contribution in [3.05, 3.63) is 35.4 Å². The van der Waals surface area contributed by atoms with Gasteiger partial charge in [-0.15, -0.1) is 0 Å². The second-order valence-electron chi connectivity index (χ2n) is 4.12. The van der Waals surface area contributed by atoms with Gasteiger partial charge in [0.15, 0.2) is 6.29 Å². The summed E-state index contributed by atoms with van der Waals surface area (Å²) < 4.78 is 11.3. The number of rotatable bonds is 0. The molecule has 14 heavy (non-hydrogen) atoms. The third-order valence-electron chi connectivity index (χ3n) is 3.16. The van der Waals surface area contributed by atoms with Gasteiger partial charge in [-0.1, -0.05) is 24.3 Å². The van der Waals surface area contributed by atoms with Gasteiger partial charge in [-0.3, -0.25) is 0 Å². The monoisotopic (exact) mass is 190 g/mol. The Bertz CT molecular complexity index is 348. The third kappa shape index (κ3) is 1.18. The Morgan fingerprint density at radius 3 is 3.07 bits per heavy atom. The molecule has 0 amide bonds. The summed E-state index contributed by atoms with van der Waals surface area (Å²) in [5.41, 5.74) is 2.80. The largest absolute Gasteiger partial charge is 0.353 e. The minimum Gasteiger partial charge on any atom is -0.353 e. The Morgan fingerprint density at radius 2 is 2.14 bits per heavy atom. The fourth-order valence-electron chi connectivity index (χ4n) is 2.48. The van der Waals surface area contributed by atoms with Crippen LogP contribution in [-0.4, -0.2) is 12.9 Å². The van der Waals surface area contributed by atoms with Crippen LogP contribution in [0.2, 0.25) is 0 Å². The average Bonchev–Trinajstić information content (AvgIpc) is 2.56. The maximum atomic E-state index is 5.81. The first-order valence-electron chi connectivity index (χ1n) is 5.19. The molecule has 2 nitrogen and oxygen atoms in total. The Morgan fingerprint density at radius 1 is 1.29 bits per heavy atom. The van der Waals surface area contributed by atoms with Crippen LogP contribution in [0.15, 0.2) is 24.3 Å². The first-order valence-corrected chi connectivity index (χ1v) is 5.19. The van der Waals surface area contributed by atoms with Crippen molar-refractivity contribution in [1.82, 2.24) is 0 Å². The van der Waals surface area contributed by atoms with E-state index in [-0.39, 0.29) is 12.4 Å². The molecule has 2 heteroatoms. The minimum absolute atomic E-state index is 0.0533. The van der Waals surface area contributed by atoms with Gasteiger partial charge >= 0.3 is 0 Å². The molecule has 0 unspecified atom stereocenters. The van der Waals surface area contributed by atoms with Gasteiger partial charge in [0.2, 0.25) is 0 Å². The van der Waals surface area contributed by atoms with Gasteiger partial charge in [0, 0.05) is 5.92 Å². The molecule has 1 aliphatic heterocycles. The van der Waals surface area contributed by atoms with Crippen molar-refractivity contribution >= 4 is 0 Å². The van der Waals surface area contributed by atoms with Crippen LogP contribution in [-0.2, 0) is 15.9 Å². The van der Waals surface area contributed by atoms with Gasteiger partial charge in [0.25, 0.3) is 0 Å². The normalized spacial score (nSPS) is 35.1. The summed E-state index contributed by atoms with van der Waals surface area (Å²) in [7, 11) is 0. The first kappa shape index (κ1) is 8.45. The molecule has 0 bridgehead atoms. The number of benzene rings is 1. The first-order chi connectivity index (χ1) is 6.84. The minimum atomic E-state index is -0.0533. The number of hydrogen-bond acceptors (Lipinski definition) is 2. The fourth-order valence-corrected chi connectivity index (χ4v) is 2.48. The SMILES string of the molecule is C[C@@H]1OC[C@H]2Cc3ccccc3[C@@H]2O1. The molecule has 0 saturated carbocycles. The van der Waals surface area contributed by atoms with Crippen molar-refractivity contribution < 1.29 is 9.47 Å². The topological polar surface area (TPSA) is 18.5 Å². The summed E-state index contributed by atoms with van der Waals surface area (Å²) >= 11 is 0. The lowest BCUT2D eigenvalue weighted by Crippen LogP contribution is -2.30. The molecular weight excluding hydrogens is 176 g/mol. The molecule has 1 aliphatic carbocycles. The summed E-state index contributed by atoms with van der Waals surface area (Å²) in [6.45, 7) is 2.80. The van der Waals surface area contributed by atoms with Crippen molar-refractivity contribution in [2.75, 3.05) is 6.61 Å². The molecule has 0 radical (unpaired) electrons. The van der Waals surface area contributed by atoms with E-state index in [2.05, 4.69) is 24.3 Å². The van der Waals surface area contributed by atoms with Crippen molar-refractivity contribution in [2.24, 2.45) is 5.92 Å². The lowest BCUT2D eigenvalue weighted by molar-refractivity contribution is -0.225. The van der Waals surface area contributed by atoms with E-state index < -0.39 is 0 Å². The molecule has 1 fully saturated rings. The van der Waals surface area contributed by atoms with Crippen molar-refractivity contribution in [3.63, 3.8) is 0 Å². The number of hydrogen-bond donors (Lipinski definition) is 0. The zero-order valence-corrected chi connectivity index (χ0v) is 8.27. The van der Waals surface area contributed by atoms with Crippen LogP contribution in [0.25, 0.3) is 0 Å². The Labute approximate surface area is 83.8 Å². The molecular formula is C12H14O2. The van der Waals surface area contributed by atoms with Crippen molar-refractivity contribution in [1.29, 1.82) is 0 Å². The highest BCUT2D eigenvalue weighted by atomic mass is 16.7. The van der Waals surface area contributed by atoms with Gasteiger partial charge in [-0.25, -0.2) is 0 Å². The standard InChI is InChI=1S/C12H14O2/c1-8-13-7-10-6-9-4-2-3-5-11(9)12(10)14-8/h2-5,8,10,12H,6-7H2,1H3/t8-,10-,12-/m1/s1. The summed E-state index contributed by atoms with van der Waals surface area (Å²) in [5.74, 6) is 0.531. The van der Waals surface area contributed by atoms with Gasteiger partial charge in [-0.2, -0.15) is 0 Å². The van der Waals surface area contributed by atoms with E-state index >= 15 is 0 Å². The van der Waals surface area contributed by atoms with Crippen LogP contribution < -0.4 is 0 Å². The third-order valence-corrected chi connectivity index (χ3v) is 3.16. The fraction of sp³-hybridized carbons (Fsp3) is 0.500. The summed E-state index contributed by atoms with van der Waals surface area (Å²) in [5, 5.41) is 0. The Balaban J connectivity index is 1.97. The van der Waals surface area contributed by atoms with Gasteiger partial charge in [-0.05, 0) is 24.5 Å². The number of fused-ring (bicyclic) bond motifs is 3. The second-order valence-corrected chi connectivity index (χ2v) is 4.12. The van der Waals surface area contributed by atoms with Crippen LogP contribution in [0.3, 0.4) is 0 Å². The van der Waals surface area contributed by atoms with Crippen LogP contribution in [0, 0.1) is 5.92 Å². The molecule has 3 rings (SSSR count). The maximum absolute atomic E-state index is 5.81. The highest BCUT2D eigenvalue weighted by Gasteiger charge is 2.37. The predicted octanol–water partition coefficient (Wildman–Crippen LogP) is 2.29. The molecule has 1 saturated heterocycles. The lowest BCUT2D eigenvalue weighted by Gasteiger charge is -2.31. The quantitative estimate of drug-likeness (QED) is 0.625. The maximum Gasteiger partial charge on any atom is 0.155 e. The lowest BCUT2D eigenvalue weighted by atomic mass is 10.0. The zero-order valence-electron chi connectivity index (χ0n) is 8.27. The van der Waals surface area contributed by atoms with Gasteiger partial charge in [0.05, 0.1) is 12.7 Å². The van der Waals surface area contributed by atoms with E-state index in [0.29, 0.717) is 5.92 Å². The number of ether oxygens (including phenoxy) is 2. The Hall–Kier alpha value is -0.860. The van der Waals surface area contributed by atoms with E-state index in [1.807, 2.05) is 6.92 Å². The molecule has 2 aliphatic rings. The van der Waals surface area contributed by atoms with E-state index in [1.54, 1.807) is 0 Å². The van der Waals surface area contributed by atoms with Crippen LogP contribution >= 0.6 is 0 Å². The molecule has 1 aromatic carbocycles. The van der Waals surface area contributed by atoms with Crippen LogP contribution in [0.5, 0.6) is 0 Å². The molecule has 0 N–H and O–H groups in total. The smallest absolute Gasteiger partial charge is 0.155 e. The van der Waals surface area contributed by atoms with Crippen molar-refractivity contribution in [3.8, 4) is 0 Å². The average molecular weight is 190 g/mol. The van der Waals surface area contributed by atoms with Crippen LogP contribution in [0.1, 0.15) is 24.2 Å². The zero-order chi connectivity index (χ0) is 9.54. The molecule has 0 spiro atoms.